The maximum absolute atomic E-state index is 11.6. The van der Waals surface area contributed by atoms with Crippen LogP contribution in [0.3, 0.4) is 0 Å². The zero-order valence-electron chi connectivity index (χ0n) is 10.6. The average molecular weight is 241 g/mol. The van der Waals surface area contributed by atoms with Crippen LogP contribution in [-0.4, -0.2) is 38.0 Å². The van der Waals surface area contributed by atoms with Crippen LogP contribution in [-0.2, 0) is 9.59 Å². The summed E-state index contributed by atoms with van der Waals surface area (Å²) in [6.07, 6.45) is 7.14. The molecule has 0 heterocycles. The van der Waals surface area contributed by atoms with E-state index in [9.17, 15) is 9.59 Å². The molecule has 0 saturated heterocycles. The zero-order valence-corrected chi connectivity index (χ0v) is 10.6. The molecule has 98 valence electrons. The Morgan fingerprint density at radius 1 is 1.00 bits per heavy atom. The van der Waals surface area contributed by atoms with Crippen LogP contribution in [0.4, 0.5) is 0 Å². The first-order valence-electron chi connectivity index (χ1n) is 6.43. The van der Waals surface area contributed by atoms with Crippen molar-refractivity contribution in [1.29, 1.82) is 0 Å². The van der Waals surface area contributed by atoms with Crippen molar-refractivity contribution in [3.63, 3.8) is 0 Å². The van der Waals surface area contributed by atoms with Crippen molar-refractivity contribution in [1.82, 2.24) is 16.0 Å². The molecule has 0 radical (unpaired) electrons. The third-order valence-electron chi connectivity index (χ3n) is 3.07. The minimum atomic E-state index is -0.104. The standard InChI is InChI=1S/C12H23N3O2/c1-13-11(16)8-14-9-12(17)15-10-6-4-2-3-5-7-10/h10,14H,2-9H2,1H3,(H,13,16)(H,15,17). The second-order valence-electron chi connectivity index (χ2n) is 4.53. The third kappa shape index (κ3) is 6.26. The molecule has 0 bridgehead atoms. The van der Waals surface area contributed by atoms with E-state index in [-0.39, 0.29) is 24.9 Å². The van der Waals surface area contributed by atoms with Gasteiger partial charge in [0.2, 0.25) is 11.8 Å². The predicted octanol–water partition coefficient (Wildman–Crippen LogP) is 0.161. The Labute approximate surface area is 103 Å². The number of likely N-dealkylation sites (N-methyl/N-ethyl adjacent to an activating group) is 1. The van der Waals surface area contributed by atoms with E-state index in [1.807, 2.05) is 0 Å². The number of nitrogens with one attached hydrogen (secondary N) is 3. The molecule has 5 heteroatoms. The molecule has 0 spiro atoms. The van der Waals surface area contributed by atoms with Gasteiger partial charge >= 0.3 is 0 Å². The molecule has 3 N–H and O–H groups in total. The molecule has 0 unspecified atom stereocenters. The zero-order chi connectivity index (χ0) is 12.5. The second-order valence-corrected chi connectivity index (χ2v) is 4.53. The van der Waals surface area contributed by atoms with E-state index in [1.165, 1.54) is 25.7 Å². The average Bonchev–Trinajstić information content (AvgIpc) is 2.57. The SMILES string of the molecule is CNC(=O)CNCC(=O)NC1CCCCCC1. The van der Waals surface area contributed by atoms with Crippen molar-refractivity contribution in [3.8, 4) is 0 Å². The summed E-state index contributed by atoms with van der Waals surface area (Å²) in [5.41, 5.74) is 0. The van der Waals surface area contributed by atoms with E-state index in [0.29, 0.717) is 6.04 Å². The molecule has 17 heavy (non-hydrogen) atoms. The van der Waals surface area contributed by atoms with Crippen LogP contribution in [0, 0.1) is 0 Å². The molecule has 2 amide bonds. The molecule has 1 fully saturated rings. The smallest absolute Gasteiger partial charge is 0.234 e. The van der Waals surface area contributed by atoms with Gasteiger partial charge < -0.3 is 10.6 Å². The largest absolute Gasteiger partial charge is 0.358 e. The maximum Gasteiger partial charge on any atom is 0.234 e. The minimum absolute atomic E-state index is 0.0131. The predicted molar refractivity (Wildman–Crippen MR) is 66.6 cm³/mol. The molecule has 1 saturated carbocycles. The highest BCUT2D eigenvalue weighted by Crippen LogP contribution is 2.16. The summed E-state index contributed by atoms with van der Waals surface area (Å²) in [6.45, 7) is 0.401. The minimum Gasteiger partial charge on any atom is -0.358 e. The lowest BCUT2D eigenvalue weighted by atomic mass is 10.1. The Morgan fingerprint density at radius 3 is 2.18 bits per heavy atom. The highest BCUT2D eigenvalue weighted by Gasteiger charge is 2.14. The van der Waals surface area contributed by atoms with E-state index in [4.69, 9.17) is 0 Å². The first kappa shape index (κ1) is 14.0. The molecule has 0 aromatic carbocycles. The van der Waals surface area contributed by atoms with Crippen molar-refractivity contribution in [2.45, 2.75) is 44.6 Å². The number of carbonyl (C=O) groups is 2. The lowest BCUT2D eigenvalue weighted by Crippen LogP contribution is -2.42. The molecule has 0 atom stereocenters. The Hall–Kier alpha value is -1.10. The van der Waals surface area contributed by atoms with Crippen LogP contribution >= 0.6 is 0 Å². The molecule has 0 aromatic heterocycles. The van der Waals surface area contributed by atoms with Gasteiger partial charge in [-0.3, -0.25) is 14.9 Å². The van der Waals surface area contributed by atoms with E-state index in [0.717, 1.165) is 12.8 Å². The summed E-state index contributed by atoms with van der Waals surface area (Å²) in [4.78, 5) is 22.5. The number of rotatable bonds is 5. The van der Waals surface area contributed by atoms with Crippen molar-refractivity contribution in [2.75, 3.05) is 20.1 Å². The Bertz CT molecular complexity index is 248. The van der Waals surface area contributed by atoms with Gasteiger partial charge in [0.1, 0.15) is 0 Å². The normalized spacial score (nSPS) is 17.2. The summed E-state index contributed by atoms with van der Waals surface area (Å²) in [7, 11) is 1.58. The van der Waals surface area contributed by atoms with Gasteiger partial charge in [-0.25, -0.2) is 0 Å². The monoisotopic (exact) mass is 241 g/mol. The summed E-state index contributed by atoms with van der Waals surface area (Å²) in [5.74, 6) is -0.118. The van der Waals surface area contributed by atoms with Crippen LogP contribution in [0.1, 0.15) is 38.5 Å². The lowest BCUT2D eigenvalue weighted by Gasteiger charge is -2.16. The fourth-order valence-corrected chi connectivity index (χ4v) is 2.08. The fraction of sp³-hybridized carbons (Fsp3) is 0.833. The Kier molecular flexibility index (Phi) is 6.62. The highest BCUT2D eigenvalue weighted by molar-refractivity contribution is 5.81. The van der Waals surface area contributed by atoms with Gasteiger partial charge in [-0.1, -0.05) is 25.7 Å². The first-order chi connectivity index (χ1) is 8.22. The number of carbonyl (C=O) groups excluding carboxylic acids is 2. The van der Waals surface area contributed by atoms with Gasteiger partial charge in [-0.2, -0.15) is 0 Å². The molecular weight excluding hydrogens is 218 g/mol. The van der Waals surface area contributed by atoms with Gasteiger partial charge in [0.15, 0.2) is 0 Å². The van der Waals surface area contributed by atoms with Crippen molar-refractivity contribution < 1.29 is 9.59 Å². The highest BCUT2D eigenvalue weighted by atomic mass is 16.2. The summed E-state index contributed by atoms with van der Waals surface area (Å²) in [6, 6.07) is 0.326. The summed E-state index contributed by atoms with van der Waals surface area (Å²) >= 11 is 0. The van der Waals surface area contributed by atoms with E-state index in [1.54, 1.807) is 7.05 Å². The summed E-state index contributed by atoms with van der Waals surface area (Å²) < 4.78 is 0. The van der Waals surface area contributed by atoms with E-state index < -0.39 is 0 Å². The van der Waals surface area contributed by atoms with Crippen LogP contribution in [0.5, 0.6) is 0 Å². The number of amides is 2. The topological polar surface area (TPSA) is 70.2 Å². The lowest BCUT2D eigenvalue weighted by molar-refractivity contribution is -0.121. The van der Waals surface area contributed by atoms with Crippen LogP contribution in [0.15, 0.2) is 0 Å². The molecule has 5 nitrogen and oxygen atoms in total. The quantitative estimate of drug-likeness (QED) is 0.601. The van der Waals surface area contributed by atoms with E-state index >= 15 is 0 Å². The van der Waals surface area contributed by atoms with E-state index in [2.05, 4.69) is 16.0 Å². The first-order valence-corrected chi connectivity index (χ1v) is 6.43. The van der Waals surface area contributed by atoms with Crippen LogP contribution in [0.25, 0.3) is 0 Å². The Balaban J connectivity index is 2.13. The fourth-order valence-electron chi connectivity index (χ4n) is 2.08. The van der Waals surface area contributed by atoms with Crippen molar-refractivity contribution >= 4 is 11.8 Å². The number of hydrogen-bond acceptors (Lipinski definition) is 3. The molecule has 0 aliphatic heterocycles. The molecule has 0 aromatic rings. The van der Waals surface area contributed by atoms with Crippen molar-refractivity contribution in [3.05, 3.63) is 0 Å². The van der Waals surface area contributed by atoms with Gasteiger partial charge in [-0.05, 0) is 12.8 Å². The van der Waals surface area contributed by atoms with Gasteiger partial charge in [0.25, 0.3) is 0 Å². The number of hydrogen-bond donors (Lipinski definition) is 3. The molecular formula is C12H23N3O2. The molecule has 1 aliphatic carbocycles. The van der Waals surface area contributed by atoms with Gasteiger partial charge in [-0.15, -0.1) is 0 Å². The Morgan fingerprint density at radius 2 is 1.59 bits per heavy atom. The second kappa shape index (κ2) is 8.06. The molecule has 1 rings (SSSR count). The molecule has 1 aliphatic rings. The van der Waals surface area contributed by atoms with Crippen LogP contribution < -0.4 is 16.0 Å². The van der Waals surface area contributed by atoms with Crippen molar-refractivity contribution in [2.24, 2.45) is 0 Å². The third-order valence-corrected chi connectivity index (χ3v) is 3.07. The van der Waals surface area contributed by atoms with Crippen LogP contribution in [0.2, 0.25) is 0 Å². The summed E-state index contributed by atoms with van der Waals surface area (Å²) in [5, 5.41) is 8.33. The van der Waals surface area contributed by atoms with Gasteiger partial charge in [0, 0.05) is 13.1 Å². The van der Waals surface area contributed by atoms with Gasteiger partial charge in [0.05, 0.1) is 13.1 Å². The maximum atomic E-state index is 11.6.